The van der Waals surface area contributed by atoms with Crippen molar-refractivity contribution in [2.24, 2.45) is 5.92 Å². The summed E-state index contributed by atoms with van der Waals surface area (Å²) >= 11 is 11.5. The number of rotatable bonds is 0. The molecule has 0 aromatic heterocycles. The van der Waals surface area contributed by atoms with E-state index in [9.17, 15) is 0 Å². The van der Waals surface area contributed by atoms with E-state index in [-0.39, 0.29) is 0 Å². The average molecular weight is 163 g/mol. The van der Waals surface area contributed by atoms with Gasteiger partial charge in [0, 0.05) is 10.1 Å². The third-order valence-corrected chi connectivity index (χ3v) is 2.17. The van der Waals surface area contributed by atoms with Crippen LogP contribution in [0, 0.1) is 5.92 Å². The average Bonchev–Trinajstić information content (AvgIpc) is 1.80. The second kappa shape index (κ2) is 2.76. The summed E-state index contributed by atoms with van der Waals surface area (Å²) in [6.07, 6.45) is 4.60. The van der Waals surface area contributed by atoms with E-state index in [1.54, 1.807) is 0 Å². The highest BCUT2D eigenvalue weighted by molar-refractivity contribution is 6.32. The van der Waals surface area contributed by atoms with Crippen LogP contribution in [-0.4, -0.2) is 0 Å². The lowest BCUT2D eigenvalue weighted by molar-refractivity contribution is 0.713. The van der Waals surface area contributed by atoms with Crippen LogP contribution in [0.15, 0.2) is 22.2 Å². The molecule has 0 aromatic rings. The first-order valence-corrected chi connectivity index (χ1v) is 3.67. The first-order chi connectivity index (χ1) is 4.20. The summed E-state index contributed by atoms with van der Waals surface area (Å²) in [6.45, 7) is 2.06. The summed E-state index contributed by atoms with van der Waals surface area (Å²) in [5.74, 6) is 0.407. The molecule has 0 amide bonds. The second-order valence-corrected chi connectivity index (χ2v) is 3.19. The predicted octanol–water partition coefficient (Wildman–Crippen LogP) is 3.27. The predicted molar refractivity (Wildman–Crippen MR) is 41.7 cm³/mol. The lowest BCUT2D eigenvalue weighted by Crippen LogP contribution is -1.97. The molecule has 0 spiro atoms. The number of halogens is 2. The summed E-state index contributed by atoms with van der Waals surface area (Å²) in [5.41, 5.74) is 0. The van der Waals surface area contributed by atoms with Gasteiger partial charge in [-0.2, -0.15) is 0 Å². The minimum atomic E-state index is 0.407. The number of hydrogen-bond donors (Lipinski definition) is 0. The molecule has 50 valence electrons. The van der Waals surface area contributed by atoms with Crippen LogP contribution in [0.25, 0.3) is 0 Å². The van der Waals surface area contributed by atoms with Crippen LogP contribution >= 0.6 is 23.2 Å². The lowest BCUT2D eigenvalue weighted by Gasteiger charge is -2.12. The van der Waals surface area contributed by atoms with Crippen molar-refractivity contribution in [1.29, 1.82) is 0 Å². The van der Waals surface area contributed by atoms with Crippen molar-refractivity contribution in [3.05, 3.63) is 22.2 Å². The highest BCUT2D eigenvalue weighted by Gasteiger charge is 2.10. The van der Waals surface area contributed by atoms with E-state index >= 15 is 0 Å². The van der Waals surface area contributed by atoms with Crippen molar-refractivity contribution in [1.82, 2.24) is 0 Å². The second-order valence-electron chi connectivity index (χ2n) is 2.27. The van der Waals surface area contributed by atoms with Gasteiger partial charge in [-0.3, -0.25) is 0 Å². The Kier molecular flexibility index (Phi) is 2.20. The fourth-order valence-corrected chi connectivity index (χ4v) is 1.23. The molecule has 0 N–H and O–H groups in total. The topological polar surface area (TPSA) is 0 Å². The SMILES string of the molecule is CC1CC(Cl)=CC=C1Cl. The van der Waals surface area contributed by atoms with Crippen LogP contribution in [0.2, 0.25) is 0 Å². The van der Waals surface area contributed by atoms with Crippen LogP contribution in [-0.2, 0) is 0 Å². The molecular weight excluding hydrogens is 155 g/mol. The Morgan fingerprint density at radius 1 is 1.44 bits per heavy atom. The molecule has 1 rings (SSSR count). The van der Waals surface area contributed by atoms with Crippen LogP contribution < -0.4 is 0 Å². The highest BCUT2D eigenvalue weighted by Crippen LogP contribution is 2.28. The van der Waals surface area contributed by atoms with Gasteiger partial charge in [0.05, 0.1) is 0 Å². The van der Waals surface area contributed by atoms with Crippen LogP contribution in [0.1, 0.15) is 13.3 Å². The maximum absolute atomic E-state index is 5.79. The van der Waals surface area contributed by atoms with E-state index in [1.807, 2.05) is 12.2 Å². The minimum absolute atomic E-state index is 0.407. The fourth-order valence-electron chi connectivity index (χ4n) is 0.792. The van der Waals surface area contributed by atoms with Crippen LogP contribution in [0.5, 0.6) is 0 Å². The van der Waals surface area contributed by atoms with Gasteiger partial charge in [-0.15, -0.1) is 0 Å². The normalized spacial score (nSPS) is 27.2. The Bertz CT molecular complexity index is 168. The summed E-state index contributed by atoms with van der Waals surface area (Å²) < 4.78 is 0. The third kappa shape index (κ3) is 1.74. The third-order valence-electron chi connectivity index (χ3n) is 1.40. The molecule has 1 atom stereocenters. The quantitative estimate of drug-likeness (QED) is 0.514. The fraction of sp³-hybridized carbons (Fsp3) is 0.429. The van der Waals surface area contributed by atoms with Gasteiger partial charge in [-0.25, -0.2) is 0 Å². The van der Waals surface area contributed by atoms with Gasteiger partial charge in [-0.05, 0) is 24.5 Å². The molecule has 0 nitrogen and oxygen atoms in total. The molecular formula is C7H8Cl2. The van der Waals surface area contributed by atoms with Crippen molar-refractivity contribution in [3.63, 3.8) is 0 Å². The van der Waals surface area contributed by atoms with Gasteiger partial charge in [0.2, 0.25) is 0 Å². The Labute approximate surface area is 65.2 Å². The molecule has 0 saturated carbocycles. The Morgan fingerprint density at radius 3 is 2.56 bits per heavy atom. The summed E-state index contributed by atoms with van der Waals surface area (Å²) in [5, 5.41) is 1.80. The lowest BCUT2D eigenvalue weighted by atomic mass is 10.0. The maximum Gasteiger partial charge on any atom is 0.0213 e. The highest BCUT2D eigenvalue weighted by atomic mass is 35.5. The van der Waals surface area contributed by atoms with E-state index in [0.29, 0.717) is 5.92 Å². The summed E-state index contributed by atoms with van der Waals surface area (Å²) in [4.78, 5) is 0. The molecule has 1 unspecified atom stereocenters. The zero-order chi connectivity index (χ0) is 6.85. The molecule has 0 saturated heterocycles. The smallest absolute Gasteiger partial charge is 0.0213 e. The number of hydrogen-bond acceptors (Lipinski definition) is 0. The largest absolute Gasteiger partial charge is 0.0891 e. The van der Waals surface area contributed by atoms with E-state index in [2.05, 4.69) is 6.92 Å². The zero-order valence-corrected chi connectivity index (χ0v) is 6.71. The molecule has 1 aliphatic carbocycles. The zero-order valence-electron chi connectivity index (χ0n) is 5.20. The molecule has 0 aromatic carbocycles. The minimum Gasteiger partial charge on any atom is -0.0891 e. The maximum atomic E-state index is 5.79. The van der Waals surface area contributed by atoms with Gasteiger partial charge >= 0.3 is 0 Å². The summed E-state index contributed by atoms with van der Waals surface area (Å²) in [7, 11) is 0. The molecule has 0 fully saturated rings. The monoisotopic (exact) mass is 162 g/mol. The molecule has 9 heavy (non-hydrogen) atoms. The van der Waals surface area contributed by atoms with E-state index < -0.39 is 0 Å². The first-order valence-electron chi connectivity index (χ1n) is 2.92. The Hall–Kier alpha value is 0.0600. The molecule has 0 aliphatic heterocycles. The van der Waals surface area contributed by atoms with Gasteiger partial charge < -0.3 is 0 Å². The van der Waals surface area contributed by atoms with E-state index in [4.69, 9.17) is 23.2 Å². The van der Waals surface area contributed by atoms with Gasteiger partial charge in [-0.1, -0.05) is 30.1 Å². The standard InChI is InChI=1S/C7H8Cl2/c1-5-4-6(8)2-3-7(5)9/h2-3,5H,4H2,1H3. The summed E-state index contributed by atoms with van der Waals surface area (Å²) in [6, 6.07) is 0. The van der Waals surface area contributed by atoms with Gasteiger partial charge in [0.25, 0.3) is 0 Å². The van der Waals surface area contributed by atoms with Gasteiger partial charge in [0.15, 0.2) is 0 Å². The van der Waals surface area contributed by atoms with Crippen molar-refractivity contribution in [2.45, 2.75) is 13.3 Å². The first kappa shape index (κ1) is 7.17. The molecule has 1 aliphatic rings. The van der Waals surface area contributed by atoms with E-state index in [0.717, 1.165) is 16.5 Å². The van der Waals surface area contributed by atoms with Crippen molar-refractivity contribution in [3.8, 4) is 0 Å². The van der Waals surface area contributed by atoms with E-state index in [1.165, 1.54) is 0 Å². The molecule has 0 heterocycles. The molecule has 0 bridgehead atoms. The Morgan fingerprint density at radius 2 is 2.11 bits per heavy atom. The van der Waals surface area contributed by atoms with Gasteiger partial charge in [0.1, 0.15) is 0 Å². The van der Waals surface area contributed by atoms with Crippen molar-refractivity contribution in [2.75, 3.05) is 0 Å². The van der Waals surface area contributed by atoms with Crippen molar-refractivity contribution >= 4 is 23.2 Å². The van der Waals surface area contributed by atoms with Crippen LogP contribution in [0.3, 0.4) is 0 Å². The van der Waals surface area contributed by atoms with Crippen LogP contribution in [0.4, 0.5) is 0 Å². The molecule has 2 heteroatoms. The van der Waals surface area contributed by atoms with Crippen molar-refractivity contribution < 1.29 is 0 Å². The number of allylic oxidation sites excluding steroid dienone is 4. The Balaban J connectivity index is 2.74. The molecule has 0 radical (unpaired) electrons.